The third-order valence-corrected chi connectivity index (χ3v) is 2.75. The van der Waals surface area contributed by atoms with Crippen molar-refractivity contribution < 1.29 is 14.6 Å². The van der Waals surface area contributed by atoms with Gasteiger partial charge in [-0.15, -0.1) is 0 Å². The lowest BCUT2D eigenvalue weighted by molar-refractivity contribution is -0.150. The summed E-state index contributed by atoms with van der Waals surface area (Å²) < 4.78 is 4.86. The second kappa shape index (κ2) is 2.48. The maximum absolute atomic E-state index is 11.1. The molecule has 0 aromatic carbocycles. The number of ether oxygens (including phenoxy) is 1. The van der Waals surface area contributed by atoms with Crippen LogP contribution in [0.1, 0.15) is 19.3 Å². The van der Waals surface area contributed by atoms with Crippen molar-refractivity contribution in [2.75, 3.05) is 6.61 Å². The fourth-order valence-electron chi connectivity index (χ4n) is 2.00. The third-order valence-electron chi connectivity index (χ3n) is 2.75. The van der Waals surface area contributed by atoms with Crippen molar-refractivity contribution in [3.8, 4) is 0 Å². The lowest BCUT2D eigenvalue weighted by Crippen LogP contribution is -2.23. The highest BCUT2D eigenvalue weighted by atomic mass is 16.5. The maximum atomic E-state index is 11.1. The lowest BCUT2D eigenvalue weighted by atomic mass is 10.0. The Morgan fingerprint density at radius 1 is 1.45 bits per heavy atom. The van der Waals surface area contributed by atoms with Crippen LogP contribution in [0.5, 0.6) is 0 Å². The molecule has 3 heteroatoms. The normalized spacial score (nSPS) is 43.4. The summed E-state index contributed by atoms with van der Waals surface area (Å²) >= 11 is 0. The number of cyclic esters (lactones) is 1. The van der Waals surface area contributed by atoms with E-state index < -0.39 is 6.10 Å². The van der Waals surface area contributed by atoms with Gasteiger partial charge in [0.2, 0.25) is 0 Å². The molecule has 1 heterocycles. The summed E-state index contributed by atoms with van der Waals surface area (Å²) in [5.41, 5.74) is 0. The van der Waals surface area contributed by atoms with E-state index in [1.165, 1.54) is 0 Å². The Balaban J connectivity index is 2.13. The molecule has 0 radical (unpaired) electrons. The molecule has 3 atom stereocenters. The first-order valence-corrected chi connectivity index (χ1v) is 4.12. The van der Waals surface area contributed by atoms with E-state index in [1.54, 1.807) is 0 Å². The second-order valence-corrected chi connectivity index (χ2v) is 3.47. The van der Waals surface area contributed by atoms with Crippen molar-refractivity contribution >= 4 is 5.97 Å². The van der Waals surface area contributed by atoms with Crippen LogP contribution in [0.3, 0.4) is 0 Å². The van der Waals surface area contributed by atoms with Gasteiger partial charge in [-0.05, 0) is 25.2 Å². The molecule has 0 spiro atoms. The molecule has 0 aromatic rings. The number of hydrogen-bond donors (Lipinski definition) is 1. The number of carbonyl (C=O) groups excluding carboxylic acids is 1. The first kappa shape index (κ1) is 7.10. The van der Waals surface area contributed by atoms with Crippen LogP contribution < -0.4 is 0 Å². The minimum atomic E-state index is -0.411. The van der Waals surface area contributed by atoms with Crippen LogP contribution in [0.15, 0.2) is 0 Å². The number of fused-ring (bicyclic) bond motifs is 2. The average Bonchev–Trinajstić information content (AvgIpc) is 2.42. The summed E-state index contributed by atoms with van der Waals surface area (Å²) in [6, 6.07) is 0. The zero-order valence-corrected chi connectivity index (χ0v) is 6.32. The molecule has 2 aliphatic rings. The van der Waals surface area contributed by atoms with Crippen molar-refractivity contribution in [3.05, 3.63) is 0 Å². The molecular weight excluding hydrogens is 144 g/mol. The largest absolute Gasteiger partial charge is 0.463 e. The Morgan fingerprint density at radius 3 is 3.09 bits per heavy atom. The molecule has 11 heavy (non-hydrogen) atoms. The lowest BCUT2D eigenvalue weighted by Gasteiger charge is -2.14. The number of esters is 1. The van der Waals surface area contributed by atoms with Gasteiger partial charge in [0.15, 0.2) is 0 Å². The highest BCUT2D eigenvalue weighted by Gasteiger charge is 2.38. The fraction of sp³-hybridized carbons (Fsp3) is 0.875. The van der Waals surface area contributed by atoms with Crippen molar-refractivity contribution in [1.82, 2.24) is 0 Å². The Hall–Kier alpha value is -0.570. The molecule has 1 saturated heterocycles. The van der Waals surface area contributed by atoms with Gasteiger partial charge in [-0.3, -0.25) is 4.79 Å². The van der Waals surface area contributed by atoms with Gasteiger partial charge < -0.3 is 9.84 Å². The summed E-state index contributed by atoms with van der Waals surface area (Å²) in [5, 5.41) is 9.42. The monoisotopic (exact) mass is 156 g/mol. The Bertz CT molecular complexity index is 178. The molecule has 1 aliphatic heterocycles. The third kappa shape index (κ3) is 1.13. The van der Waals surface area contributed by atoms with E-state index in [0.29, 0.717) is 5.92 Å². The fourth-order valence-corrected chi connectivity index (χ4v) is 2.00. The summed E-state index contributed by atoms with van der Waals surface area (Å²) in [4.78, 5) is 11.1. The minimum absolute atomic E-state index is 0.0807. The summed E-state index contributed by atoms with van der Waals surface area (Å²) in [6.45, 7) is 0.208. The van der Waals surface area contributed by atoms with E-state index in [1.807, 2.05) is 0 Å². The van der Waals surface area contributed by atoms with Gasteiger partial charge in [0.1, 0.15) is 6.61 Å². The highest BCUT2D eigenvalue weighted by Crippen LogP contribution is 2.36. The van der Waals surface area contributed by atoms with Gasteiger partial charge in [0, 0.05) is 0 Å². The summed E-state index contributed by atoms with van der Waals surface area (Å²) in [7, 11) is 0. The van der Waals surface area contributed by atoms with Crippen LogP contribution in [0.25, 0.3) is 0 Å². The predicted octanol–water partition coefficient (Wildman–Crippen LogP) is 0.320. The van der Waals surface area contributed by atoms with E-state index in [0.717, 1.165) is 19.3 Å². The molecule has 1 saturated carbocycles. The summed E-state index contributed by atoms with van der Waals surface area (Å²) in [5.74, 6) is 0.285. The first-order valence-electron chi connectivity index (χ1n) is 4.12. The van der Waals surface area contributed by atoms with Gasteiger partial charge in [-0.2, -0.15) is 0 Å². The molecule has 62 valence electrons. The van der Waals surface area contributed by atoms with Gasteiger partial charge in [-0.1, -0.05) is 0 Å². The van der Waals surface area contributed by atoms with Crippen molar-refractivity contribution in [3.63, 3.8) is 0 Å². The van der Waals surface area contributed by atoms with Gasteiger partial charge >= 0.3 is 5.97 Å². The molecule has 1 aliphatic carbocycles. The van der Waals surface area contributed by atoms with Gasteiger partial charge in [0.05, 0.1) is 12.0 Å². The molecule has 0 amide bonds. The van der Waals surface area contributed by atoms with Crippen LogP contribution >= 0.6 is 0 Å². The van der Waals surface area contributed by atoms with Crippen molar-refractivity contribution in [1.29, 1.82) is 0 Å². The Kier molecular flexibility index (Phi) is 1.60. The van der Waals surface area contributed by atoms with Crippen LogP contribution in [-0.2, 0) is 9.53 Å². The minimum Gasteiger partial charge on any atom is -0.463 e. The molecule has 2 rings (SSSR count). The number of aliphatic hydroxyl groups excluding tert-OH is 1. The number of rotatable bonds is 0. The SMILES string of the molecule is O=C1OCC(O)C2CCC1C2. The summed E-state index contributed by atoms with van der Waals surface area (Å²) in [6.07, 6.45) is 2.31. The molecule has 3 nitrogen and oxygen atoms in total. The predicted molar refractivity (Wildman–Crippen MR) is 37.8 cm³/mol. The number of carbonyl (C=O) groups is 1. The first-order chi connectivity index (χ1) is 5.27. The topological polar surface area (TPSA) is 46.5 Å². The van der Waals surface area contributed by atoms with Crippen LogP contribution in [0.4, 0.5) is 0 Å². The number of aliphatic hydroxyl groups is 1. The molecule has 2 bridgehead atoms. The van der Waals surface area contributed by atoms with Gasteiger partial charge in [0.25, 0.3) is 0 Å². The van der Waals surface area contributed by atoms with Crippen LogP contribution in [-0.4, -0.2) is 23.8 Å². The smallest absolute Gasteiger partial charge is 0.309 e. The molecule has 0 aromatic heterocycles. The highest BCUT2D eigenvalue weighted by molar-refractivity contribution is 5.73. The van der Waals surface area contributed by atoms with E-state index in [9.17, 15) is 9.90 Å². The van der Waals surface area contributed by atoms with E-state index >= 15 is 0 Å². The molecule has 3 unspecified atom stereocenters. The van der Waals surface area contributed by atoms with Crippen molar-refractivity contribution in [2.24, 2.45) is 11.8 Å². The Morgan fingerprint density at radius 2 is 2.27 bits per heavy atom. The molecule has 1 N–H and O–H groups in total. The zero-order chi connectivity index (χ0) is 7.84. The van der Waals surface area contributed by atoms with Crippen LogP contribution in [0, 0.1) is 11.8 Å². The second-order valence-electron chi connectivity index (χ2n) is 3.47. The molecule has 2 fully saturated rings. The van der Waals surface area contributed by atoms with Gasteiger partial charge in [-0.25, -0.2) is 0 Å². The average molecular weight is 156 g/mol. The van der Waals surface area contributed by atoms with E-state index in [2.05, 4.69) is 0 Å². The zero-order valence-electron chi connectivity index (χ0n) is 6.32. The van der Waals surface area contributed by atoms with E-state index in [4.69, 9.17) is 4.74 Å². The van der Waals surface area contributed by atoms with Crippen molar-refractivity contribution in [2.45, 2.75) is 25.4 Å². The quantitative estimate of drug-likeness (QED) is 0.514. The van der Waals surface area contributed by atoms with E-state index in [-0.39, 0.29) is 18.5 Å². The number of hydrogen-bond acceptors (Lipinski definition) is 3. The standard InChI is InChI=1S/C8H12O3/c9-7-4-11-8(10)6-2-1-5(7)3-6/h5-7,9H,1-4H2. The van der Waals surface area contributed by atoms with Crippen LogP contribution in [0.2, 0.25) is 0 Å². The molecular formula is C8H12O3. The maximum Gasteiger partial charge on any atom is 0.309 e. The Labute approximate surface area is 65.4 Å².